The minimum absolute atomic E-state index is 0.292. The second-order valence-electron chi connectivity index (χ2n) is 5.73. The van der Waals surface area contributed by atoms with Crippen molar-refractivity contribution in [1.82, 2.24) is 25.9 Å². The van der Waals surface area contributed by atoms with Crippen LogP contribution in [0.2, 0.25) is 5.02 Å². The summed E-state index contributed by atoms with van der Waals surface area (Å²) in [6, 6.07) is 6.52. The van der Waals surface area contributed by atoms with Crippen LogP contribution in [-0.4, -0.2) is 59.5 Å². The molecule has 1 aromatic carbocycles. The Morgan fingerprint density at radius 2 is 2.00 bits per heavy atom. The van der Waals surface area contributed by atoms with E-state index in [0.717, 1.165) is 11.3 Å². The Morgan fingerprint density at radius 3 is 2.74 bits per heavy atom. The summed E-state index contributed by atoms with van der Waals surface area (Å²) in [6.07, 6.45) is -0.673. The van der Waals surface area contributed by atoms with Gasteiger partial charge in [0.15, 0.2) is 6.29 Å². The molecule has 3 unspecified atom stereocenters. The van der Waals surface area contributed by atoms with Gasteiger partial charge in [0, 0.05) is 18.6 Å². The van der Waals surface area contributed by atoms with Crippen LogP contribution in [0.3, 0.4) is 0 Å². The molecule has 2 saturated heterocycles. The van der Waals surface area contributed by atoms with E-state index in [1.54, 1.807) is 19.2 Å². The number of amides is 3. The summed E-state index contributed by atoms with van der Waals surface area (Å²) in [6.45, 7) is 0.489. The van der Waals surface area contributed by atoms with Gasteiger partial charge in [-0.15, -0.1) is 0 Å². The van der Waals surface area contributed by atoms with Gasteiger partial charge >= 0.3 is 6.03 Å². The first-order valence-corrected chi connectivity index (χ1v) is 7.60. The zero-order valence-corrected chi connectivity index (χ0v) is 13.0. The molecule has 3 aliphatic heterocycles. The monoisotopic (exact) mass is 334 g/mol. The molecule has 4 rings (SSSR count). The number of hydrogen-bond acceptors (Lipinski definition) is 6. The van der Waals surface area contributed by atoms with Gasteiger partial charge in [-0.3, -0.25) is 20.9 Å². The minimum Gasteiger partial charge on any atom is -0.310 e. The van der Waals surface area contributed by atoms with Crippen molar-refractivity contribution in [3.63, 3.8) is 0 Å². The molecule has 3 atom stereocenters. The molecule has 3 aliphatic rings. The van der Waals surface area contributed by atoms with Gasteiger partial charge in [0.1, 0.15) is 12.2 Å². The number of urea groups is 1. The molecule has 23 heavy (non-hydrogen) atoms. The summed E-state index contributed by atoms with van der Waals surface area (Å²) in [7, 11) is 1.66. The first-order chi connectivity index (χ1) is 11.0. The Kier molecular flexibility index (Phi) is 3.26. The molecule has 3 N–H and O–H groups in total. The van der Waals surface area contributed by atoms with Crippen LogP contribution >= 0.6 is 11.6 Å². The highest BCUT2D eigenvalue weighted by Gasteiger charge is 2.52. The van der Waals surface area contributed by atoms with E-state index in [9.17, 15) is 9.59 Å². The number of halogens is 1. The summed E-state index contributed by atoms with van der Waals surface area (Å²) in [5.74, 6) is -0.299. The van der Waals surface area contributed by atoms with Crippen LogP contribution in [0.1, 0.15) is 5.56 Å². The molecule has 0 spiro atoms. The van der Waals surface area contributed by atoms with E-state index in [1.165, 1.54) is 4.90 Å². The number of benzene rings is 1. The quantitative estimate of drug-likeness (QED) is 0.657. The Morgan fingerprint density at radius 1 is 1.26 bits per heavy atom. The van der Waals surface area contributed by atoms with Crippen molar-refractivity contribution in [2.75, 3.05) is 13.6 Å². The third-order valence-electron chi connectivity index (χ3n) is 4.38. The summed E-state index contributed by atoms with van der Waals surface area (Å²) in [4.78, 5) is 27.4. The molecule has 0 aliphatic carbocycles. The molecule has 2 fully saturated rings. The molecule has 0 aromatic heterocycles. The number of imide groups is 1. The maximum atomic E-state index is 12.2. The van der Waals surface area contributed by atoms with E-state index in [0.29, 0.717) is 11.6 Å². The highest BCUT2D eigenvalue weighted by Crippen LogP contribution is 2.24. The lowest BCUT2D eigenvalue weighted by atomic mass is 10.1. The number of carbonyl (C=O) groups excluding carboxylic acids is 2. The smallest absolute Gasteiger partial charge is 0.310 e. The van der Waals surface area contributed by atoms with E-state index in [1.807, 2.05) is 17.0 Å². The number of likely N-dealkylation sites (N-methyl/N-ethyl adjacent to an activating group) is 1. The van der Waals surface area contributed by atoms with Gasteiger partial charge in [0.2, 0.25) is 5.91 Å². The summed E-state index contributed by atoms with van der Waals surface area (Å²) >= 11 is 5.91. The third-order valence-corrected chi connectivity index (χ3v) is 4.64. The maximum Gasteiger partial charge on any atom is 0.325 e. The standard InChI is InChI=1S/C14H15ClN6O2/c1-20-11-10(12(22)17-14(20)23)21-6-9(18-19-13(21)16-11)7-2-4-8(15)5-3-7/h2-5,10-11,13,16,19H,6H2,1H3,(H,17,22,23). The number of carbonyl (C=O) groups is 2. The fraction of sp³-hybridized carbons (Fsp3) is 0.357. The van der Waals surface area contributed by atoms with Crippen LogP contribution in [-0.2, 0) is 4.79 Å². The van der Waals surface area contributed by atoms with E-state index >= 15 is 0 Å². The number of rotatable bonds is 1. The van der Waals surface area contributed by atoms with Gasteiger partial charge in [-0.05, 0) is 17.7 Å². The number of nitrogens with zero attached hydrogens (tertiary/aromatic N) is 3. The zero-order valence-electron chi connectivity index (χ0n) is 12.3. The molecule has 0 saturated carbocycles. The molecular weight excluding hydrogens is 320 g/mol. The van der Waals surface area contributed by atoms with Crippen molar-refractivity contribution in [1.29, 1.82) is 0 Å². The first kappa shape index (κ1) is 14.4. The van der Waals surface area contributed by atoms with Gasteiger partial charge in [0.25, 0.3) is 0 Å². The van der Waals surface area contributed by atoms with E-state index < -0.39 is 12.1 Å². The van der Waals surface area contributed by atoms with Gasteiger partial charge in [0.05, 0.1) is 5.71 Å². The second-order valence-corrected chi connectivity index (χ2v) is 6.17. The Balaban J connectivity index is 1.61. The van der Waals surface area contributed by atoms with Gasteiger partial charge in [-0.1, -0.05) is 23.7 Å². The van der Waals surface area contributed by atoms with E-state index in [2.05, 4.69) is 21.2 Å². The van der Waals surface area contributed by atoms with E-state index in [4.69, 9.17) is 11.6 Å². The zero-order chi connectivity index (χ0) is 16.1. The summed E-state index contributed by atoms with van der Waals surface area (Å²) in [5.41, 5.74) is 4.76. The van der Waals surface area contributed by atoms with Crippen molar-refractivity contribution in [2.24, 2.45) is 5.10 Å². The predicted molar refractivity (Wildman–Crippen MR) is 83.6 cm³/mol. The molecular formula is C14H15ClN6O2. The van der Waals surface area contributed by atoms with Crippen molar-refractivity contribution in [2.45, 2.75) is 18.5 Å². The number of nitrogens with one attached hydrogen (secondary N) is 3. The van der Waals surface area contributed by atoms with Gasteiger partial charge in [-0.25, -0.2) is 9.69 Å². The molecule has 0 bridgehead atoms. The molecule has 3 amide bonds. The predicted octanol–water partition coefficient (Wildman–Crippen LogP) is -0.288. The summed E-state index contributed by atoms with van der Waals surface area (Å²) < 4.78 is 0. The average molecular weight is 335 g/mol. The Labute approximate surface area is 137 Å². The maximum absolute atomic E-state index is 12.2. The van der Waals surface area contributed by atoms with Gasteiger partial charge < -0.3 is 4.90 Å². The molecule has 120 valence electrons. The number of fused-ring (bicyclic) bond motifs is 3. The normalized spacial score (nSPS) is 30.3. The molecule has 9 heteroatoms. The Hall–Kier alpha value is -2.16. The van der Waals surface area contributed by atoms with Crippen LogP contribution < -0.4 is 16.1 Å². The van der Waals surface area contributed by atoms with Crippen LogP contribution in [0.5, 0.6) is 0 Å². The lowest BCUT2D eigenvalue weighted by Crippen LogP contribution is -2.65. The fourth-order valence-electron chi connectivity index (χ4n) is 3.15. The van der Waals surface area contributed by atoms with Crippen LogP contribution in [0.25, 0.3) is 0 Å². The second kappa shape index (κ2) is 5.19. The van der Waals surface area contributed by atoms with E-state index in [-0.39, 0.29) is 18.4 Å². The molecule has 3 heterocycles. The van der Waals surface area contributed by atoms with Crippen LogP contribution in [0.4, 0.5) is 4.79 Å². The van der Waals surface area contributed by atoms with Crippen molar-refractivity contribution in [3.8, 4) is 0 Å². The lowest BCUT2D eigenvalue weighted by Gasteiger charge is -2.36. The lowest BCUT2D eigenvalue weighted by molar-refractivity contribution is -0.127. The minimum atomic E-state index is -0.465. The molecule has 0 radical (unpaired) electrons. The van der Waals surface area contributed by atoms with Gasteiger partial charge in [-0.2, -0.15) is 5.10 Å². The topological polar surface area (TPSA) is 89.1 Å². The van der Waals surface area contributed by atoms with Crippen LogP contribution in [0, 0.1) is 0 Å². The molecule has 1 aromatic rings. The first-order valence-electron chi connectivity index (χ1n) is 7.22. The fourth-order valence-corrected chi connectivity index (χ4v) is 3.27. The van der Waals surface area contributed by atoms with Crippen molar-refractivity contribution >= 4 is 29.3 Å². The van der Waals surface area contributed by atoms with Crippen molar-refractivity contribution < 1.29 is 9.59 Å². The third kappa shape index (κ3) is 2.26. The molecule has 8 nitrogen and oxygen atoms in total. The highest BCUT2D eigenvalue weighted by molar-refractivity contribution is 6.30. The number of hydrazone groups is 1. The average Bonchev–Trinajstić information content (AvgIpc) is 2.92. The van der Waals surface area contributed by atoms with Crippen molar-refractivity contribution in [3.05, 3.63) is 34.9 Å². The largest absolute Gasteiger partial charge is 0.325 e. The SMILES string of the molecule is CN1C(=O)NC(=O)C2C1NC1NN=C(c3ccc(Cl)cc3)CN12. The highest BCUT2D eigenvalue weighted by atomic mass is 35.5. The van der Waals surface area contributed by atoms with Crippen LogP contribution in [0.15, 0.2) is 29.4 Å². The number of hydrogen-bond donors (Lipinski definition) is 3. The summed E-state index contributed by atoms with van der Waals surface area (Å²) in [5, 5.41) is 10.6. The Bertz CT molecular complexity index is 706.